The molecule has 0 saturated carbocycles. The number of fused-ring (bicyclic) bond motifs is 3. The van der Waals surface area contributed by atoms with Gasteiger partial charge in [-0.1, -0.05) is 35.9 Å². The number of carbonyl (C=O) groups excluding carboxylic acids is 3. The molecule has 5 rings (SSSR count). The molecule has 1 aliphatic heterocycles. The molecule has 138 valence electrons. The SMILES string of the molecule is NC1=C2C(=O)c3ccccc3C(=O)C2=C2NC3=C(C=C2C1Cl)CC(Cl)=CC3=O. The van der Waals surface area contributed by atoms with Gasteiger partial charge in [0.15, 0.2) is 11.6 Å². The predicted octanol–water partition coefficient (Wildman–Crippen LogP) is 3.03. The molecule has 5 nitrogen and oxygen atoms in total. The minimum Gasteiger partial charge on any atom is -0.400 e. The first-order valence-corrected chi connectivity index (χ1v) is 9.39. The number of allylic oxidation sites excluding steroid dienone is 8. The highest BCUT2D eigenvalue weighted by Crippen LogP contribution is 2.44. The van der Waals surface area contributed by atoms with E-state index in [4.69, 9.17) is 28.9 Å². The van der Waals surface area contributed by atoms with Crippen LogP contribution in [0.3, 0.4) is 0 Å². The van der Waals surface area contributed by atoms with Crippen molar-refractivity contribution in [3.05, 3.63) is 92.0 Å². The van der Waals surface area contributed by atoms with Gasteiger partial charge in [0.25, 0.3) is 0 Å². The van der Waals surface area contributed by atoms with Crippen LogP contribution in [0.2, 0.25) is 0 Å². The van der Waals surface area contributed by atoms with E-state index in [0.717, 1.165) is 0 Å². The third-order valence-corrected chi connectivity index (χ3v) is 6.00. The Balaban J connectivity index is 1.77. The van der Waals surface area contributed by atoms with Gasteiger partial charge < -0.3 is 11.1 Å². The van der Waals surface area contributed by atoms with Gasteiger partial charge in [0.1, 0.15) is 5.38 Å². The molecule has 1 heterocycles. The molecule has 1 unspecified atom stereocenters. The summed E-state index contributed by atoms with van der Waals surface area (Å²) in [7, 11) is 0. The van der Waals surface area contributed by atoms with Crippen molar-refractivity contribution in [1.29, 1.82) is 0 Å². The van der Waals surface area contributed by atoms with Gasteiger partial charge in [0.2, 0.25) is 5.78 Å². The van der Waals surface area contributed by atoms with Gasteiger partial charge in [-0.15, -0.1) is 11.6 Å². The molecule has 0 bridgehead atoms. The summed E-state index contributed by atoms with van der Waals surface area (Å²) in [5.74, 6) is -0.967. The van der Waals surface area contributed by atoms with Crippen LogP contribution < -0.4 is 11.1 Å². The maximum Gasteiger partial charge on any atom is 0.203 e. The van der Waals surface area contributed by atoms with Crippen LogP contribution >= 0.6 is 23.2 Å². The van der Waals surface area contributed by atoms with Gasteiger partial charge in [-0.2, -0.15) is 0 Å². The van der Waals surface area contributed by atoms with E-state index in [1.165, 1.54) is 6.08 Å². The van der Waals surface area contributed by atoms with E-state index in [1.807, 2.05) is 0 Å². The maximum atomic E-state index is 13.3. The summed E-state index contributed by atoms with van der Waals surface area (Å²) in [5.41, 5.74) is 9.13. The fourth-order valence-corrected chi connectivity index (χ4v) is 4.53. The van der Waals surface area contributed by atoms with Gasteiger partial charge in [-0.05, 0) is 11.6 Å². The van der Waals surface area contributed by atoms with Crippen molar-refractivity contribution in [3.63, 3.8) is 0 Å². The number of carbonyl (C=O) groups is 3. The lowest BCUT2D eigenvalue weighted by Crippen LogP contribution is -2.40. The molecule has 1 atom stereocenters. The summed E-state index contributed by atoms with van der Waals surface area (Å²) in [4.78, 5) is 38.7. The quantitative estimate of drug-likeness (QED) is 0.641. The van der Waals surface area contributed by atoms with Gasteiger partial charge in [0.05, 0.1) is 22.5 Å². The fourth-order valence-electron chi connectivity index (χ4n) is 4.01. The first kappa shape index (κ1) is 17.2. The maximum absolute atomic E-state index is 13.3. The number of nitrogens with one attached hydrogen (secondary N) is 1. The smallest absolute Gasteiger partial charge is 0.203 e. The van der Waals surface area contributed by atoms with Gasteiger partial charge in [0, 0.05) is 39.9 Å². The lowest BCUT2D eigenvalue weighted by Gasteiger charge is -2.35. The number of ketones is 3. The molecule has 0 spiro atoms. The molecule has 3 N–H and O–H groups in total. The van der Waals surface area contributed by atoms with Crippen molar-refractivity contribution < 1.29 is 14.4 Å². The topological polar surface area (TPSA) is 89.3 Å². The van der Waals surface area contributed by atoms with Crippen LogP contribution in [0.15, 0.2) is 80.8 Å². The van der Waals surface area contributed by atoms with Gasteiger partial charge >= 0.3 is 0 Å². The molecule has 0 saturated heterocycles. The number of halogens is 2. The molecule has 1 aromatic carbocycles. The summed E-state index contributed by atoms with van der Waals surface area (Å²) in [6.45, 7) is 0. The number of benzene rings is 1. The molecule has 0 aromatic heterocycles. The van der Waals surface area contributed by atoms with Crippen molar-refractivity contribution in [2.24, 2.45) is 5.73 Å². The molecule has 4 aliphatic rings. The highest BCUT2D eigenvalue weighted by molar-refractivity contribution is 6.35. The summed E-state index contributed by atoms with van der Waals surface area (Å²) in [6, 6.07) is 6.59. The third kappa shape index (κ3) is 2.17. The van der Waals surface area contributed by atoms with E-state index in [-0.39, 0.29) is 34.2 Å². The molecule has 0 amide bonds. The molecule has 7 heteroatoms. The number of hydrogen-bond acceptors (Lipinski definition) is 5. The Labute approximate surface area is 169 Å². The number of rotatable bonds is 0. The third-order valence-electron chi connectivity index (χ3n) is 5.29. The minimum absolute atomic E-state index is 0.101. The zero-order valence-electron chi connectivity index (χ0n) is 14.3. The van der Waals surface area contributed by atoms with Crippen LogP contribution in [0.25, 0.3) is 0 Å². The lowest BCUT2D eigenvalue weighted by molar-refractivity contribution is -0.111. The van der Waals surface area contributed by atoms with Crippen LogP contribution in [0.5, 0.6) is 0 Å². The molecule has 0 fully saturated rings. The monoisotopic (exact) mass is 410 g/mol. The molecule has 1 aromatic rings. The lowest BCUT2D eigenvalue weighted by atomic mass is 9.74. The molecular formula is C21H12Cl2N2O3. The fraction of sp³-hybridized carbons (Fsp3) is 0.0952. The van der Waals surface area contributed by atoms with Crippen LogP contribution in [-0.2, 0) is 4.79 Å². The van der Waals surface area contributed by atoms with Gasteiger partial charge in [-0.25, -0.2) is 0 Å². The largest absolute Gasteiger partial charge is 0.400 e. The molecule has 28 heavy (non-hydrogen) atoms. The summed E-state index contributed by atoms with van der Waals surface area (Å²) in [6.07, 6.45) is 3.45. The van der Waals surface area contributed by atoms with Crippen molar-refractivity contribution in [3.8, 4) is 0 Å². The number of alkyl halides is 1. The van der Waals surface area contributed by atoms with Gasteiger partial charge in [-0.3, -0.25) is 14.4 Å². The number of Topliss-reactive ketones (excluding diaryl/α,β-unsaturated/α-hetero) is 2. The Bertz CT molecular complexity index is 1200. The van der Waals surface area contributed by atoms with E-state index in [9.17, 15) is 14.4 Å². The average molecular weight is 411 g/mol. The Morgan fingerprint density at radius 1 is 0.964 bits per heavy atom. The van der Waals surface area contributed by atoms with E-state index >= 15 is 0 Å². The van der Waals surface area contributed by atoms with Crippen molar-refractivity contribution in [1.82, 2.24) is 5.32 Å². The Hall–Kier alpha value is -2.89. The van der Waals surface area contributed by atoms with Crippen LogP contribution in [0.1, 0.15) is 27.1 Å². The van der Waals surface area contributed by atoms with Crippen LogP contribution in [0, 0.1) is 0 Å². The normalized spacial score (nSPS) is 23.5. The zero-order chi connectivity index (χ0) is 19.7. The van der Waals surface area contributed by atoms with Crippen LogP contribution in [0.4, 0.5) is 0 Å². The van der Waals surface area contributed by atoms with Crippen molar-refractivity contribution in [2.75, 3.05) is 0 Å². The molecule has 0 radical (unpaired) electrons. The Morgan fingerprint density at radius 2 is 1.61 bits per heavy atom. The summed E-state index contributed by atoms with van der Waals surface area (Å²) in [5, 5.41) is 2.66. The standard InChI is InChI=1S/C21H12Cl2N2O3/c22-9-5-8-6-12-16(23)17(24)14-15(19(12)25-18(8)13(26)7-9)21(28)11-4-2-1-3-10(11)20(14)27/h1-4,6-7,16,25H,5,24H2. The highest BCUT2D eigenvalue weighted by atomic mass is 35.5. The van der Waals surface area contributed by atoms with Crippen molar-refractivity contribution in [2.45, 2.75) is 11.8 Å². The predicted molar refractivity (Wildman–Crippen MR) is 105 cm³/mol. The van der Waals surface area contributed by atoms with E-state index in [0.29, 0.717) is 45.1 Å². The first-order chi connectivity index (χ1) is 13.4. The second-order valence-corrected chi connectivity index (χ2v) is 7.83. The van der Waals surface area contributed by atoms with E-state index < -0.39 is 5.38 Å². The second-order valence-electron chi connectivity index (χ2n) is 6.90. The minimum atomic E-state index is -0.808. The zero-order valence-corrected chi connectivity index (χ0v) is 15.8. The highest BCUT2D eigenvalue weighted by Gasteiger charge is 2.44. The van der Waals surface area contributed by atoms with E-state index in [1.54, 1.807) is 30.3 Å². The molecule has 3 aliphatic carbocycles. The molecular weight excluding hydrogens is 399 g/mol. The average Bonchev–Trinajstić information content (AvgIpc) is 2.68. The van der Waals surface area contributed by atoms with Crippen LogP contribution in [-0.4, -0.2) is 22.7 Å². The number of hydrogen-bond donors (Lipinski definition) is 2. The summed E-state index contributed by atoms with van der Waals surface area (Å²) < 4.78 is 0. The number of dihydropyridines is 1. The van der Waals surface area contributed by atoms with E-state index in [2.05, 4.69) is 5.32 Å². The Kier molecular flexibility index (Phi) is 3.57. The van der Waals surface area contributed by atoms with Crippen molar-refractivity contribution >= 4 is 40.6 Å². The Morgan fingerprint density at radius 3 is 2.29 bits per heavy atom. The number of nitrogens with two attached hydrogens (primary N) is 1. The second kappa shape index (κ2) is 5.80. The first-order valence-electron chi connectivity index (χ1n) is 8.57. The summed E-state index contributed by atoms with van der Waals surface area (Å²) >= 11 is 12.6.